The van der Waals surface area contributed by atoms with Crippen LogP contribution >= 0.6 is 0 Å². The topological polar surface area (TPSA) is 56.3 Å². The van der Waals surface area contributed by atoms with Gasteiger partial charge in [0.2, 0.25) is 5.88 Å². The van der Waals surface area contributed by atoms with Gasteiger partial charge in [-0.15, -0.1) is 0 Å². The number of nitrogens with one attached hydrogen (secondary N) is 1. The van der Waals surface area contributed by atoms with Crippen LogP contribution < -0.4 is 10.1 Å². The molecule has 16 heavy (non-hydrogen) atoms. The Hall–Kier alpha value is -1.36. The van der Waals surface area contributed by atoms with Gasteiger partial charge in [0.15, 0.2) is 0 Å². The minimum atomic E-state index is 0.304. The van der Waals surface area contributed by atoms with E-state index in [4.69, 9.17) is 9.47 Å². The third-order valence-corrected chi connectivity index (χ3v) is 2.37. The normalized spacial score (nSPS) is 12.2. The highest BCUT2D eigenvalue weighted by Crippen LogP contribution is 2.20. The Kier molecular flexibility index (Phi) is 4.98. The molecule has 1 N–H and O–H groups in total. The van der Waals surface area contributed by atoms with Gasteiger partial charge < -0.3 is 14.8 Å². The first kappa shape index (κ1) is 12.7. The lowest BCUT2D eigenvalue weighted by molar-refractivity contribution is 0.191. The first-order valence-electron chi connectivity index (χ1n) is 5.30. The van der Waals surface area contributed by atoms with Crippen LogP contribution in [0.3, 0.4) is 0 Å². The van der Waals surface area contributed by atoms with Gasteiger partial charge in [-0.25, -0.2) is 9.97 Å². The van der Waals surface area contributed by atoms with Crippen molar-refractivity contribution in [3.8, 4) is 5.88 Å². The van der Waals surface area contributed by atoms with Crippen molar-refractivity contribution in [2.24, 2.45) is 0 Å². The summed E-state index contributed by atoms with van der Waals surface area (Å²) in [6.07, 6.45) is 2.43. The number of nitrogens with zero attached hydrogens (tertiary/aromatic N) is 2. The molecule has 1 unspecified atom stereocenters. The number of methoxy groups -OCH3 is 2. The molecule has 0 amide bonds. The lowest BCUT2D eigenvalue weighted by Gasteiger charge is -2.16. The van der Waals surface area contributed by atoms with E-state index in [9.17, 15) is 0 Å². The molecular weight excluding hydrogens is 206 g/mol. The van der Waals surface area contributed by atoms with E-state index < -0.39 is 0 Å². The molecule has 1 rings (SSSR count). The molecule has 0 spiro atoms. The third-order valence-electron chi connectivity index (χ3n) is 2.37. The number of hydrogen-bond donors (Lipinski definition) is 1. The Morgan fingerprint density at radius 1 is 1.38 bits per heavy atom. The van der Waals surface area contributed by atoms with Crippen molar-refractivity contribution in [2.75, 3.05) is 26.1 Å². The zero-order valence-corrected chi connectivity index (χ0v) is 10.3. The Morgan fingerprint density at radius 3 is 2.75 bits per heavy atom. The lowest BCUT2D eigenvalue weighted by Crippen LogP contribution is -2.19. The number of anilines is 1. The van der Waals surface area contributed by atoms with Crippen LogP contribution in [0.2, 0.25) is 0 Å². The first-order valence-corrected chi connectivity index (χ1v) is 5.30. The van der Waals surface area contributed by atoms with Gasteiger partial charge in [-0.2, -0.15) is 0 Å². The molecule has 90 valence electrons. The Bertz CT molecular complexity index is 331. The highest BCUT2D eigenvalue weighted by molar-refractivity contribution is 5.48. The highest BCUT2D eigenvalue weighted by Gasteiger charge is 2.09. The maximum atomic E-state index is 5.13. The van der Waals surface area contributed by atoms with E-state index in [1.54, 1.807) is 14.2 Å². The van der Waals surface area contributed by atoms with E-state index in [-0.39, 0.29) is 0 Å². The van der Waals surface area contributed by atoms with Crippen LogP contribution in [-0.4, -0.2) is 36.8 Å². The van der Waals surface area contributed by atoms with Crippen molar-refractivity contribution in [3.05, 3.63) is 11.9 Å². The van der Waals surface area contributed by atoms with Crippen molar-refractivity contribution in [1.29, 1.82) is 0 Å². The number of aromatic nitrogens is 2. The van der Waals surface area contributed by atoms with Crippen molar-refractivity contribution >= 4 is 5.82 Å². The summed E-state index contributed by atoms with van der Waals surface area (Å²) in [4.78, 5) is 8.22. The Balaban J connectivity index is 2.66. The SMILES string of the molecule is COCCC(C)Nc1ncnc(OC)c1C. The fraction of sp³-hybridized carbons (Fsp3) is 0.636. The molecule has 5 heteroatoms. The Morgan fingerprint density at radius 2 is 2.12 bits per heavy atom. The average molecular weight is 225 g/mol. The molecule has 0 aliphatic rings. The minimum Gasteiger partial charge on any atom is -0.481 e. The summed E-state index contributed by atoms with van der Waals surface area (Å²) in [5.41, 5.74) is 0.925. The molecule has 0 aliphatic heterocycles. The van der Waals surface area contributed by atoms with Crippen molar-refractivity contribution in [3.63, 3.8) is 0 Å². The standard InChI is InChI=1S/C11H19N3O2/c1-8(5-6-15-3)14-10-9(2)11(16-4)13-7-12-10/h7-8H,5-6H2,1-4H3,(H,12,13,14). The van der Waals surface area contributed by atoms with Crippen LogP contribution in [0.25, 0.3) is 0 Å². The van der Waals surface area contributed by atoms with Crippen LogP contribution in [0, 0.1) is 6.92 Å². The van der Waals surface area contributed by atoms with Crippen LogP contribution in [0.15, 0.2) is 6.33 Å². The zero-order valence-electron chi connectivity index (χ0n) is 10.3. The molecule has 0 saturated carbocycles. The van der Waals surface area contributed by atoms with Gasteiger partial charge in [0.1, 0.15) is 12.1 Å². The monoisotopic (exact) mass is 225 g/mol. The number of hydrogen-bond acceptors (Lipinski definition) is 5. The van der Waals surface area contributed by atoms with Crippen LogP contribution in [0.1, 0.15) is 18.9 Å². The quantitative estimate of drug-likeness (QED) is 0.797. The molecule has 1 aromatic rings. The van der Waals surface area contributed by atoms with Gasteiger partial charge in [-0.05, 0) is 20.3 Å². The summed E-state index contributed by atoms with van der Waals surface area (Å²) in [5, 5.41) is 3.31. The van der Waals surface area contributed by atoms with Gasteiger partial charge in [-0.3, -0.25) is 0 Å². The van der Waals surface area contributed by atoms with Crippen molar-refractivity contribution in [1.82, 2.24) is 9.97 Å². The van der Waals surface area contributed by atoms with Crippen LogP contribution in [-0.2, 0) is 4.74 Å². The van der Waals surface area contributed by atoms with Crippen LogP contribution in [0.4, 0.5) is 5.82 Å². The van der Waals surface area contributed by atoms with Crippen molar-refractivity contribution in [2.45, 2.75) is 26.3 Å². The summed E-state index contributed by atoms with van der Waals surface area (Å²) in [5.74, 6) is 1.42. The summed E-state index contributed by atoms with van der Waals surface area (Å²) in [6, 6.07) is 0.304. The minimum absolute atomic E-state index is 0.304. The van der Waals surface area contributed by atoms with E-state index in [1.165, 1.54) is 6.33 Å². The van der Waals surface area contributed by atoms with E-state index in [0.29, 0.717) is 11.9 Å². The molecule has 0 radical (unpaired) electrons. The van der Waals surface area contributed by atoms with Gasteiger partial charge in [0.05, 0.1) is 12.7 Å². The molecule has 0 bridgehead atoms. The fourth-order valence-electron chi connectivity index (χ4n) is 1.39. The third kappa shape index (κ3) is 3.34. The second-order valence-corrected chi connectivity index (χ2v) is 3.68. The molecule has 0 fully saturated rings. The first-order chi connectivity index (χ1) is 7.69. The maximum Gasteiger partial charge on any atom is 0.221 e. The molecule has 5 nitrogen and oxygen atoms in total. The summed E-state index contributed by atoms with van der Waals surface area (Å²) < 4.78 is 10.2. The second-order valence-electron chi connectivity index (χ2n) is 3.68. The zero-order chi connectivity index (χ0) is 12.0. The molecule has 0 saturated heterocycles. The van der Waals surface area contributed by atoms with E-state index in [0.717, 1.165) is 24.4 Å². The molecule has 0 aliphatic carbocycles. The highest BCUT2D eigenvalue weighted by atomic mass is 16.5. The average Bonchev–Trinajstić information content (AvgIpc) is 2.29. The van der Waals surface area contributed by atoms with Gasteiger partial charge >= 0.3 is 0 Å². The molecule has 1 aromatic heterocycles. The summed E-state index contributed by atoms with van der Waals surface area (Å²) in [7, 11) is 3.30. The maximum absolute atomic E-state index is 5.13. The largest absolute Gasteiger partial charge is 0.481 e. The predicted octanol–water partition coefficient (Wildman–Crippen LogP) is 1.63. The van der Waals surface area contributed by atoms with Gasteiger partial charge in [0.25, 0.3) is 0 Å². The molecular formula is C11H19N3O2. The van der Waals surface area contributed by atoms with Gasteiger partial charge in [-0.1, -0.05) is 0 Å². The van der Waals surface area contributed by atoms with Gasteiger partial charge in [0, 0.05) is 19.8 Å². The van der Waals surface area contributed by atoms with Crippen LogP contribution in [0.5, 0.6) is 5.88 Å². The molecule has 0 aromatic carbocycles. The summed E-state index contributed by atoms with van der Waals surface area (Å²) in [6.45, 7) is 4.76. The lowest BCUT2D eigenvalue weighted by atomic mass is 10.2. The van der Waals surface area contributed by atoms with E-state index >= 15 is 0 Å². The van der Waals surface area contributed by atoms with E-state index in [1.807, 2.05) is 6.92 Å². The molecule has 1 heterocycles. The second kappa shape index (κ2) is 6.27. The number of rotatable bonds is 6. The smallest absolute Gasteiger partial charge is 0.221 e. The fourth-order valence-corrected chi connectivity index (χ4v) is 1.39. The summed E-state index contributed by atoms with van der Waals surface area (Å²) >= 11 is 0. The van der Waals surface area contributed by atoms with E-state index in [2.05, 4.69) is 22.2 Å². The Labute approximate surface area is 96.2 Å². The predicted molar refractivity (Wildman–Crippen MR) is 62.9 cm³/mol. The molecule has 1 atom stereocenters. The van der Waals surface area contributed by atoms with Crippen molar-refractivity contribution < 1.29 is 9.47 Å². The number of ether oxygens (including phenoxy) is 2.